The van der Waals surface area contributed by atoms with E-state index in [-0.39, 0.29) is 30.2 Å². The molecule has 0 spiro atoms. The molecule has 0 bridgehead atoms. The van der Waals surface area contributed by atoms with Crippen molar-refractivity contribution in [3.63, 3.8) is 0 Å². The van der Waals surface area contributed by atoms with Gasteiger partial charge in [-0.05, 0) is 24.6 Å². The molecule has 0 saturated carbocycles. The SMILES string of the molecule is COC[C@@H](C)N1C[C@@H](C(=O)NCc2ccc(OC)cc2)CC1=O. The number of hydrogen-bond donors (Lipinski definition) is 1. The minimum absolute atomic E-state index is 0.00751. The lowest BCUT2D eigenvalue weighted by Gasteiger charge is -2.23. The van der Waals surface area contributed by atoms with Crippen molar-refractivity contribution in [2.45, 2.75) is 25.9 Å². The lowest BCUT2D eigenvalue weighted by atomic mass is 10.1. The van der Waals surface area contributed by atoms with Crippen LogP contribution in [0.15, 0.2) is 24.3 Å². The standard InChI is InChI=1S/C17H24N2O4/c1-12(11-22-2)19-10-14(8-16(19)20)17(21)18-9-13-4-6-15(23-3)7-5-13/h4-7,12,14H,8-11H2,1-3H3,(H,18,21)/t12-,14+/m1/s1. The zero-order valence-electron chi connectivity index (χ0n) is 13.9. The average molecular weight is 320 g/mol. The van der Waals surface area contributed by atoms with Crippen molar-refractivity contribution in [1.82, 2.24) is 10.2 Å². The van der Waals surface area contributed by atoms with E-state index in [9.17, 15) is 9.59 Å². The average Bonchev–Trinajstić information content (AvgIpc) is 2.95. The van der Waals surface area contributed by atoms with Crippen molar-refractivity contribution >= 4 is 11.8 Å². The number of nitrogens with one attached hydrogen (secondary N) is 1. The van der Waals surface area contributed by atoms with Gasteiger partial charge in [0.05, 0.1) is 25.7 Å². The van der Waals surface area contributed by atoms with E-state index >= 15 is 0 Å². The molecule has 0 aromatic heterocycles. The van der Waals surface area contributed by atoms with Gasteiger partial charge in [-0.1, -0.05) is 12.1 Å². The molecule has 23 heavy (non-hydrogen) atoms. The smallest absolute Gasteiger partial charge is 0.225 e. The van der Waals surface area contributed by atoms with Gasteiger partial charge in [0.25, 0.3) is 0 Å². The normalized spacial score (nSPS) is 18.8. The summed E-state index contributed by atoms with van der Waals surface area (Å²) in [6.07, 6.45) is 0.266. The van der Waals surface area contributed by atoms with Crippen molar-refractivity contribution in [3.05, 3.63) is 29.8 Å². The summed E-state index contributed by atoms with van der Waals surface area (Å²) in [5, 5.41) is 2.90. The number of likely N-dealkylation sites (tertiary alicyclic amines) is 1. The highest BCUT2D eigenvalue weighted by molar-refractivity contribution is 5.89. The van der Waals surface area contributed by atoms with Crippen LogP contribution < -0.4 is 10.1 Å². The maximum Gasteiger partial charge on any atom is 0.225 e. The topological polar surface area (TPSA) is 67.9 Å². The molecule has 1 aromatic carbocycles. The third kappa shape index (κ3) is 4.45. The largest absolute Gasteiger partial charge is 0.497 e. The maximum atomic E-state index is 12.3. The number of methoxy groups -OCH3 is 2. The van der Waals surface area contributed by atoms with Crippen LogP contribution in [0.1, 0.15) is 18.9 Å². The van der Waals surface area contributed by atoms with Crippen LogP contribution in [0.4, 0.5) is 0 Å². The molecule has 0 aliphatic carbocycles. The van der Waals surface area contributed by atoms with E-state index in [0.717, 1.165) is 11.3 Å². The third-order valence-corrected chi connectivity index (χ3v) is 4.09. The minimum atomic E-state index is -0.292. The fourth-order valence-electron chi connectivity index (χ4n) is 2.74. The molecule has 1 saturated heterocycles. The predicted molar refractivity (Wildman–Crippen MR) is 86.0 cm³/mol. The fraction of sp³-hybridized carbons (Fsp3) is 0.529. The van der Waals surface area contributed by atoms with E-state index in [1.165, 1.54) is 0 Å². The maximum absolute atomic E-state index is 12.3. The van der Waals surface area contributed by atoms with Crippen LogP contribution in [0.5, 0.6) is 5.75 Å². The van der Waals surface area contributed by atoms with Crippen LogP contribution >= 0.6 is 0 Å². The molecular weight excluding hydrogens is 296 g/mol. The van der Waals surface area contributed by atoms with E-state index in [2.05, 4.69) is 5.32 Å². The molecule has 0 unspecified atom stereocenters. The summed E-state index contributed by atoms with van der Waals surface area (Å²) in [5.74, 6) is 0.421. The minimum Gasteiger partial charge on any atom is -0.497 e. The van der Waals surface area contributed by atoms with Crippen molar-refractivity contribution in [2.24, 2.45) is 5.92 Å². The van der Waals surface area contributed by atoms with Gasteiger partial charge in [0.1, 0.15) is 5.75 Å². The molecule has 6 heteroatoms. The highest BCUT2D eigenvalue weighted by atomic mass is 16.5. The first-order valence-electron chi connectivity index (χ1n) is 7.74. The Morgan fingerprint density at radius 1 is 1.35 bits per heavy atom. The van der Waals surface area contributed by atoms with Gasteiger partial charge in [0, 0.05) is 26.6 Å². The summed E-state index contributed by atoms with van der Waals surface area (Å²) < 4.78 is 10.2. The van der Waals surface area contributed by atoms with Gasteiger partial charge < -0.3 is 19.7 Å². The van der Waals surface area contributed by atoms with Gasteiger partial charge in [-0.25, -0.2) is 0 Å². The monoisotopic (exact) mass is 320 g/mol. The molecule has 126 valence electrons. The highest BCUT2D eigenvalue weighted by Gasteiger charge is 2.36. The van der Waals surface area contributed by atoms with Crippen LogP contribution in [0, 0.1) is 5.92 Å². The van der Waals surface area contributed by atoms with Crippen LogP contribution in [-0.4, -0.2) is 50.1 Å². The molecule has 1 aromatic rings. The Bertz CT molecular complexity index is 544. The molecule has 6 nitrogen and oxygen atoms in total. The molecule has 1 aliphatic rings. The van der Waals surface area contributed by atoms with E-state index in [0.29, 0.717) is 19.7 Å². The Hall–Kier alpha value is -2.08. The van der Waals surface area contributed by atoms with E-state index in [4.69, 9.17) is 9.47 Å². The first kappa shape index (κ1) is 17.3. The Kier molecular flexibility index (Phi) is 5.98. The zero-order chi connectivity index (χ0) is 16.8. The number of carbonyl (C=O) groups excluding carboxylic acids is 2. The van der Waals surface area contributed by atoms with Crippen molar-refractivity contribution in [3.8, 4) is 5.75 Å². The summed E-state index contributed by atoms with van der Waals surface area (Å²) in [7, 11) is 3.22. The van der Waals surface area contributed by atoms with Crippen molar-refractivity contribution < 1.29 is 19.1 Å². The first-order chi connectivity index (χ1) is 11.0. The molecule has 2 rings (SSSR count). The second-order valence-corrected chi connectivity index (χ2v) is 5.82. The Morgan fingerprint density at radius 3 is 2.65 bits per heavy atom. The number of hydrogen-bond acceptors (Lipinski definition) is 4. The van der Waals surface area contributed by atoms with E-state index in [1.54, 1.807) is 19.1 Å². The Balaban J connectivity index is 1.85. The molecule has 1 aliphatic heterocycles. The fourth-order valence-corrected chi connectivity index (χ4v) is 2.74. The van der Waals surface area contributed by atoms with Crippen molar-refractivity contribution in [1.29, 1.82) is 0 Å². The number of rotatable bonds is 7. The van der Waals surface area contributed by atoms with Gasteiger partial charge in [-0.15, -0.1) is 0 Å². The molecule has 2 atom stereocenters. The van der Waals surface area contributed by atoms with Crippen molar-refractivity contribution in [2.75, 3.05) is 27.4 Å². The molecule has 1 N–H and O–H groups in total. The Labute approximate surface area is 136 Å². The molecule has 1 heterocycles. The Morgan fingerprint density at radius 2 is 2.04 bits per heavy atom. The number of nitrogens with zero attached hydrogens (tertiary/aromatic N) is 1. The summed E-state index contributed by atoms with van der Waals surface area (Å²) in [5.41, 5.74) is 0.994. The summed E-state index contributed by atoms with van der Waals surface area (Å²) in [6, 6.07) is 7.52. The van der Waals surface area contributed by atoms with Crippen LogP contribution in [0.25, 0.3) is 0 Å². The van der Waals surface area contributed by atoms with Gasteiger partial charge in [-0.3, -0.25) is 9.59 Å². The second kappa shape index (κ2) is 7.97. The molecule has 0 radical (unpaired) electrons. The van der Waals surface area contributed by atoms with E-state index < -0.39 is 0 Å². The van der Waals surface area contributed by atoms with E-state index in [1.807, 2.05) is 31.2 Å². The highest BCUT2D eigenvalue weighted by Crippen LogP contribution is 2.21. The summed E-state index contributed by atoms with van der Waals surface area (Å²) in [4.78, 5) is 26.0. The molecule has 1 fully saturated rings. The van der Waals surface area contributed by atoms with Gasteiger partial charge in [-0.2, -0.15) is 0 Å². The number of ether oxygens (including phenoxy) is 2. The second-order valence-electron chi connectivity index (χ2n) is 5.82. The number of carbonyl (C=O) groups is 2. The van der Waals surface area contributed by atoms with Gasteiger partial charge >= 0.3 is 0 Å². The van der Waals surface area contributed by atoms with Crippen LogP contribution in [0.2, 0.25) is 0 Å². The lowest BCUT2D eigenvalue weighted by Crippen LogP contribution is -2.38. The predicted octanol–water partition coefficient (Wildman–Crippen LogP) is 1.19. The van der Waals surface area contributed by atoms with Gasteiger partial charge in [0.15, 0.2) is 0 Å². The molecule has 2 amide bonds. The molecular formula is C17H24N2O4. The van der Waals surface area contributed by atoms with Crippen LogP contribution in [-0.2, 0) is 20.9 Å². The quantitative estimate of drug-likeness (QED) is 0.819. The van der Waals surface area contributed by atoms with Crippen LogP contribution in [0.3, 0.4) is 0 Å². The summed E-state index contributed by atoms with van der Waals surface area (Å²) >= 11 is 0. The van der Waals surface area contributed by atoms with Gasteiger partial charge in [0.2, 0.25) is 11.8 Å². The number of benzene rings is 1. The zero-order valence-corrected chi connectivity index (χ0v) is 13.9. The first-order valence-corrected chi connectivity index (χ1v) is 7.74. The third-order valence-electron chi connectivity index (χ3n) is 4.09. The number of amides is 2. The lowest BCUT2D eigenvalue weighted by molar-refractivity contribution is -0.130. The summed E-state index contributed by atoms with van der Waals surface area (Å²) in [6.45, 7) is 3.31.